The second-order valence-electron chi connectivity index (χ2n) is 5.46. The third-order valence-corrected chi connectivity index (χ3v) is 4.34. The van der Waals surface area contributed by atoms with Crippen LogP contribution in [0.2, 0.25) is 0 Å². The first-order chi connectivity index (χ1) is 12.2. The second-order valence-corrected chi connectivity index (χ2v) is 6.38. The van der Waals surface area contributed by atoms with Crippen molar-refractivity contribution in [2.24, 2.45) is 0 Å². The number of hydrogen-bond donors (Lipinski definition) is 0. The molecule has 0 bridgehead atoms. The van der Waals surface area contributed by atoms with Gasteiger partial charge in [0, 0.05) is 60.1 Å². The van der Waals surface area contributed by atoms with E-state index < -0.39 is 0 Å². The number of aryl methyl sites for hydroxylation is 1. The molecule has 0 aliphatic heterocycles. The summed E-state index contributed by atoms with van der Waals surface area (Å²) in [6.07, 6.45) is 15.1. The molecule has 5 heterocycles. The summed E-state index contributed by atoms with van der Waals surface area (Å²) in [4.78, 5) is 12.6. The molecule has 124 valence electrons. The van der Waals surface area contributed by atoms with Crippen LogP contribution < -0.4 is 0 Å². The van der Waals surface area contributed by atoms with E-state index in [0.717, 1.165) is 27.3 Å². The van der Waals surface area contributed by atoms with E-state index in [9.17, 15) is 0 Å². The smallest absolute Gasteiger partial charge is 0.138 e. The van der Waals surface area contributed by atoms with Crippen molar-refractivity contribution in [1.29, 1.82) is 0 Å². The van der Waals surface area contributed by atoms with Crippen LogP contribution in [0, 0.1) is 6.92 Å². The van der Waals surface area contributed by atoms with Crippen LogP contribution in [0.15, 0.2) is 78.3 Å². The topological polar surface area (TPSA) is 52.4 Å². The highest BCUT2D eigenvalue weighted by atomic mass is 79.9. The van der Waals surface area contributed by atoms with E-state index in [1.165, 1.54) is 0 Å². The normalized spacial score (nSPS) is 10.8. The van der Waals surface area contributed by atoms with Crippen LogP contribution in [0.5, 0.6) is 0 Å². The predicted octanol–water partition coefficient (Wildman–Crippen LogP) is 3.93. The maximum absolute atomic E-state index is 4.25. The largest absolute Gasteiger partial charge is 0.307 e. The van der Waals surface area contributed by atoms with Crippen molar-refractivity contribution < 1.29 is 0 Å². The number of halogens is 1. The Kier molecular flexibility index (Phi) is 4.07. The Morgan fingerprint density at radius 2 is 1.40 bits per heavy atom. The Morgan fingerprint density at radius 3 is 2.08 bits per heavy atom. The van der Waals surface area contributed by atoms with Gasteiger partial charge in [-0.3, -0.25) is 0 Å². The Hall–Kier alpha value is -2.93. The fourth-order valence-corrected chi connectivity index (χ4v) is 2.91. The van der Waals surface area contributed by atoms with Gasteiger partial charge in [0.25, 0.3) is 0 Å². The predicted molar refractivity (Wildman–Crippen MR) is 99.9 cm³/mol. The molecule has 0 unspecified atom stereocenters. The molecule has 5 aromatic heterocycles. The second kappa shape index (κ2) is 6.52. The Balaban J connectivity index is 0.000000136. The van der Waals surface area contributed by atoms with E-state index in [1.807, 2.05) is 75.5 Å². The third kappa shape index (κ3) is 3.18. The SMILES string of the molecule is Brc1ccn2ccnc2c1.Cc1nccn1-c1ccn2ccnc2c1. The van der Waals surface area contributed by atoms with E-state index in [0.29, 0.717) is 0 Å². The standard InChI is InChI=1S/C11H10N4.C7H5BrN2/c1-9-12-4-7-15(9)10-2-5-14-6-3-13-11(14)8-10;8-6-1-3-10-4-2-9-7(10)5-6/h2-8H,1H3;1-5H. The van der Waals surface area contributed by atoms with Crippen molar-refractivity contribution in [1.82, 2.24) is 28.3 Å². The molecule has 0 saturated carbocycles. The van der Waals surface area contributed by atoms with Crippen LogP contribution in [-0.2, 0) is 0 Å². The van der Waals surface area contributed by atoms with E-state index in [-0.39, 0.29) is 0 Å². The van der Waals surface area contributed by atoms with Gasteiger partial charge < -0.3 is 13.4 Å². The average molecular weight is 395 g/mol. The monoisotopic (exact) mass is 394 g/mol. The Bertz CT molecular complexity index is 1140. The number of hydrogen-bond acceptors (Lipinski definition) is 3. The summed E-state index contributed by atoms with van der Waals surface area (Å²) < 4.78 is 7.04. The minimum atomic E-state index is 0.945. The summed E-state index contributed by atoms with van der Waals surface area (Å²) >= 11 is 3.36. The van der Waals surface area contributed by atoms with Crippen molar-refractivity contribution in [3.05, 3.63) is 84.1 Å². The van der Waals surface area contributed by atoms with Gasteiger partial charge in [0.15, 0.2) is 0 Å². The minimum absolute atomic E-state index is 0.945. The van der Waals surface area contributed by atoms with Gasteiger partial charge in [0.1, 0.15) is 17.1 Å². The maximum Gasteiger partial charge on any atom is 0.138 e. The molecule has 0 spiro atoms. The highest BCUT2D eigenvalue weighted by Crippen LogP contribution is 2.12. The highest BCUT2D eigenvalue weighted by molar-refractivity contribution is 9.10. The lowest BCUT2D eigenvalue weighted by Gasteiger charge is -2.04. The Morgan fingerprint density at radius 1 is 0.760 bits per heavy atom. The molecule has 0 saturated heterocycles. The summed E-state index contributed by atoms with van der Waals surface area (Å²) in [6.45, 7) is 1.98. The molecule has 0 amide bonds. The van der Waals surface area contributed by atoms with Gasteiger partial charge in [-0.1, -0.05) is 15.9 Å². The molecule has 0 aliphatic rings. The summed E-state index contributed by atoms with van der Waals surface area (Å²) in [5.41, 5.74) is 3.00. The van der Waals surface area contributed by atoms with Crippen molar-refractivity contribution in [2.45, 2.75) is 6.92 Å². The van der Waals surface area contributed by atoms with Gasteiger partial charge in [-0.25, -0.2) is 15.0 Å². The molecule has 0 aliphatic carbocycles. The fourth-order valence-electron chi connectivity index (χ4n) is 2.59. The lowest BCUT2D eigenvalue weighted by molar-refractivity contribution is 0.968. The maximum atomic E-state index is 4.25. The van der Waals surface area contributed by atoms with Gasteiger partial charge in [-0.2, -0.15) is 0 Å². The highest BCUT2D eigenvalue weighted by Gasteiger charge is 2.01. The number of pyridine rings is 2. The van der Waals surface area contributed by atoms with Crippen molar-refractivity contribution in [3.63, 3.8) is 0 Å². The molecule has 6 nitrogen and oxygen atoms in total. The van der Waals surface area contributed by atoms with Gasteiger partial charge in [-0.15, -0.1) is 0 Å². The minimum Gasteiger partial charge on any atom is -0.307 e. The van der Waals surface area contributed by atoms with E-state index in [1.54, 1.807) is 18.6 Å². The van der Waals surface area contributed by atoms with Gasteiger partial charge in [-0.05, 0) is 25.1 Å². The number of nitrogens with zero attached hydrogens (tertiary/aromatic N) is 6. The lowest BCUT2D eigenvalue weighted by Crippen LogP contribution is -1.96. The molecule has 25 heavy (non-hydrogen) atoms. The van der Waals surface area contributed by atoms with E-state index >= 15 is 0 Å². The number of imidazole rings is 3. The van der Waals surface area contributed by atoms with Gasteiger partial charge in [0.2, 0.25) is 0 Å². The first-order valence-corrected chi connectivity index (χ1v) is 8.51. The summed E-state index contributed by atoms with van der Waals surface area (Å²) in [5.74, 6) is 0.978. The zero-order chi connectivity index (χ0) is 17.2. The lowest BCUT2D eigenvalue weighted by atomic mass is 10.4. The number of rotatable bonds is 1. The summed E-state index contributed by atoms with van der Waals surface area (Å²) in [7, 11) is 0. The fraction of sp³-hybridized carbons (Fsp3) is 0.0556. The molecule has 5 aromatic rings. The van der Waals surface area contributed by atoms with Crippen molar-refractivity contribution >= 4 is 27.2 Å². The van der Waals surface area contributed by atoms with E-state index in [2.05, 4.69) is 30.9 Å². The quantitative estimate of drug-likeness (QED) is 0.432. The van der Waals surface area contributed by atoms with E-state index in [4.69, 9.17) is 0 Å². The molecule has 7 heteroatoms. The first-order valence-electron chi connectivity index (χ1n) is 7.72. The number of aromatic nitrogens is 6. The zero-order valence-electron chi connectivity index (χ0n) is 13.5. The molecular formula is C18H15BrN6. The zero-order valence-corrected chi connectivity index (χ0v) is 15.1. The van der Waals surface area contributed by atoms with Crippen LogP contribution in [0.25, 0.3) is 17.0 Å². The van der Waals surface area contributed by atoms with Gasteiger partial charge >= 0.3 is 0 Å². The van der Waals surface area contributed by atoms with Crippen LogP contribution in [0.1, 0.15) is 5.82 Å². The Labute approximate surface area is 152 Å². The van der Waals surface area contributed by atoms with Crippen LogP contribution >= 0.6 is 15.9 Å². The van der Waals surface area contributed by atoms with Crippen LogP contribution in [0.3, 0.4) is 0 Å². The molecule has 0 N–H and O–H groups in total. The molecular weight excluding hydrogens is 380 g/mol. The molecule has 0 atom stereocenters. The first kappa shape index (κ1) is 15.6. The van der Waals surface area contributed by atoms with Crippen molar-refractivity contribution in [3.8, 4) is 5.69 Å². The van der Waals surface area contributed by atoms with Crippen LogP contribution in [-0.4, -0.2) is 28.3 Å². The van der Waals surface area contributed by atoms with Gasteiger partial charge in [0.05, 0.1) is 5.69 Å². The third-order valence-electron chi connectivity index (χ3n) is 3.85. The molecule has 0 fully saturated rings. The van der Waals surface area contributed by atoms with Crippen molar-refractivity contribution in [2.75, 3.05) is 0 Å². The average Bonchev–Trinajstić information content (AvgIpc) is 3.34. The summed E-state index contributed by atoms with van der Waals surface area (Å²) in [5, 5.41) is 0. The molecule has 0 radical (unpaired) electrons. The molecule has 5 rings (SSSR count). The summed E-state index contributed by atoms with van der Waals surface area (Å²) in [6, 6.07) is 8.03. The number of fused-ring (bicyclic) bond motifs is 2. The van der Waals surface area contributed by atoms with Crippen LogP contribution in [0.4, 0.5) is 0 Å². The molecule has 0 aromatic carbocycles.